The van der Waals surface area contributed by atoms with Gasteiger partial charge in [-0.1, -0.05) is 13.8 Å². The van der Waals surface area contributed by atoms with Gasteiger partial charge in [0.05, 0.1) is 11.7 Å². The first kappa shape index (κ1) is 12.9. The van der Waals surface area contributed by atoms with Crippen molar-refractivity contribution in [2.24, 2.45) is 0 Å². The van der Waals surface area contributed by atoms with E-state index in [1.807, 2.05) is 0 Å². The number of likely N-dealkylation sites (tertiary alicyclic amines) is 1. The van der Waals surface area contributed by atoms with Crippen molar-refractivity contribution in [3.05, 3.63) is 18.0 Å². The maximum absolute atomic E-state index is 6.11. The van der Waals surface area contributed by atoms with E-state index in [4.69, 9.17) is 11.6 Å². The topological polar surface area (TPSA) is 21.1 Å². The minimum Gasteiger partial charge on any atom is -0.296 e. The Morgan fingerprint density at radius 1 is 1.47 bits per heavy atom. The van der Waals surface area contributed by atoms with Gasteiger partial charge in [-0.05, 0) is 25.3 Å². The molecule has 0 aliphatic carbocycles. The van der Waals surface area contributed by atoms with Crippen LogP contribution in [0.1, 0.15) is 44.8 Å². The van der Waals surface area contributed by atoms with Crippen molar-refractivity contribution < 1.29 is 0 Å². The number of rotatable bonds is 5. The Hall–Kier alpha value is -0.540. The van der Waals surface area contributed by atoms with Crippen LogP contribution in [0.4, 0.5) is 0 Å². The summed E-state index contributed by atoms with van der Waals surface area (Å²) in [4.78, 5) is 2.39. The van der Waals surface area contributed by atoms with Gasteiger partial charge in [-0.15, -0.1) is 11.6 Å². The van der Waals surface area contributed by atoms with Crippen molar-refractivity contribution >= 4 is 11.6 Å². The maximum Gasteiger partial charge on any atom is 0.0764 e. The zero-order valence-electron chi connectivity index (χ0n) is 10.8. The molecule has 1 fully saturated rings. The maximum atomic E-state index is 6.11. The Balaban J connectivity index is 1.94. The van der Waals surface area contributed by atoms with Gasteiger partial charge in [0, 0.05) is 31.2 Å². The van der Waals surface area contributed by atoms with Crippen LogP contribution in [0.25, 0.3) is 0 Å². The van der Waals surface area contributed by atoms with E-state index in [0.717, 1.165) is 38.9 Å². The second kappa shape index (κ2) is 5.87. The molecule has 2 rings (SSSR count). The minimum absolute atomic E-state index is 0.330. The zero-order chi connectivity index (χ0) is 12.3. The van der Waals surface area contributed by atoms with Crippen molar-refractivity contribution in [3.8, 4) is 0 Å². The smallest absolute Gasteiger partial charge is 0.0764 e. The summed E-state index contributed by atoms with van der Waals surface area (Å²) >= 11 is 6.11. The first-order chi connectivity index (χ1) is 8.22. The lowest BCUT2D eigenvalue weighted by Gasteiger charge is -2.14. The lowest BCUT2D eigenvalue weighted by Crippen LogP contribution is -2.20. The van der Waals surface area contributed by atoms with Crippen molar-refractivity contribution in [3.63, 3.8) is 0 Å². The fraction of sp³-hybridized carbons (Fsp3) is 0.769. The van der Waals surface area contributed by atoms with E-state index in [1.165, 1.54) is 5.69 Å². The van der Waals surface area contributed by atoms with E-state index in [-0.39, 0.29) is 0 Å². The van der Waals surface area contributed by atoms with Crippen molar-refractivity contribution in [2.75, 3.05) is 13.1 Å². The van der Waals surface area contributed by atoms with Crippen molar-refractivity contribution in [1.82, 2.24) is 14.7 Å². The Labute approximate surface area is 109 Å². The second-order valence-corrected chi connectivity index (χ2v) is 5.50. The van der Waals surface area contributed by atoms with Crippen LogP contribution >= 0.6 is 11.6 Å². The summed E-state index contributed by atoms with van der Waals surface area (Å²) in [5, 5.41) is 5.00. The van der Waals surface area contributed by atoms with E-state index in [0.29, 0.717) is 11.4 Å². The summed E-state index contributed by atoms with van der Waals surface area (Å²) in [5.74, 6) is 0. The zero-order valence-corrected chi connectivity index (χ0v) is 11.5. The van der Waals surface area contributed by atoms with Crippen LogP contribution in [0.2, 0.25) is 0 Å². The molecule has 1 aliphatic rings. The molecule has 4 heteroatoms. The third kappa shape index (κ3) is 3.23. The van der Waals surface area contributed by atoms with Gasteiger partial charge in [-0.25, -0.2) is 0 Å². The standard InChI is InChI=1S/C13H22ClN3/c1-3-13(4-2)17-8-6-12(15-17)10-16-7-5-11(14)9-16/h6,8,11,13H,3-5,7,9-10H2,1-2H3. The van der Waals surface area contributed by atoms with Crippen LogP contribution in [-0.2, 0) is 6.54 Å². The molecular weight excluding hydrogens is 234 g/mol. The number of aromatic nitrogens is 2. The molecule has 1 unspecified atom stereocenters. The van der Waals surface area contributed by atoms with E-state index >= 15 is 0 Å². The highest BCUT2D eigenvalue weighted by molar-refractivity contribution is 6.20. The van der Waals surface area contributed by atoms with E-state index in [2.05, 4.69) is 40.8 Å². The van der Waals surface area contributed by atoms with E-state index in [9.17, 15) is 0 Å². The SMILES string of the molecule is CCC(CC)n1ccc(CN2CCC(Cl)C2)n1. The lowest BCUT2D eigenvalue weighted by atomic mass is 10.2. The summed E-state index contributed by atoms with van der Waals surface area (Å²) in [6.45, 7) is 7.48. The molecule has 1 atom stereocenters. The number of alkyl halides is 1. The molecule has 2 heterocycles. The number of halogens is 1. The van der Waals surface area contributed by atoms with E-state index in [1.54, 1.807) is 0 Å². The molecular formula is C13H22ClN3. The first-order valence-corrected chi connectivity index (χ1v) is 7.07. The average molecular weight is 256 g/mol. The molecule has 96 valence electrons. The lowest BCUT2D eigenvalue weighted by molar-refractivity contribution is 0.323. The van der Waals surface area contributed by atoms with Gasteiger partial charge in [0.25, 0.3) is 0 Å². The molecule has 1 aromatic heterocycles. The molecule has 1 saturated heterocycles. The highest BCUT2D eigenvalue weighted by Crippen LogP contribution is 2.18. The summed E-state index contributed by atoms with van der Waals surface area (Å²) < 4.78 is 2.11. The van der Waals surface area contributed by atoms with Crippen LogP contribution in [0.15, 0.2) is 12.3 Å². The monoisotopic (exact) mass is 255 g/mol. The molecule has 0 N–H and O–H groups in total. The number of nitrogens with zero attached hydrogens (tertiary/aromatic N) is 3. The third-order valence-electron chi connectivity index (χ3n) is 3.58. The van der Waals surface area contributed by atoms with Crippen LogP contribution in [0.3, 0.4) is 0 Å². The van der Waals surface area contributed by atoms with Gasteiger partial charge >= 0.3 is 0 Å². The van der Waals surface area contributed by atoms with Crippen LogP contribution in [0, 0.1) is 0 Å². The van der Waals surface area contributed by atoms with Crippen LogP contribution in [-0.4, -0.2) is 33.1 Å². The number of hydrogen-bond acceptors (Lipinski definition) is 2. The van der Waals surface area contributed by atoms with Crippen LogP contribution in [0.5, 0.6) is 0 Å². The van der Waals surface area contributed by atoms with Gasteiger partial charge in [-0.2, -0.15) is 5.10 Å². The summed E-state index contributed by atoms with van der Waals surface area (Å²) in [7, 11) is 0. The summed E-state index contributed by atoms with van der Waals surface area (Å²) in [6, 6.07) is 2.68. The summed E-state index contributed by atoms with van der Waals surface area (Å²) in [5.41, 5.74) is 1.17. The van der Waals surface area contributed by atoms with Gasteiger partial charge in [0.15, 0.2) is 0 Å². The van der Waals surface area contributed by atoms with Gasteiger partial charge < -0.3 is 0 Å². The molecule has 0 bridgehead atoms. The normalized spacial score (nSPS) is 21.5. The average Bonchev–Trinajstić information content (AvgIpc) is 2.91. The van der Waals surface area contributed by atoms with Crippen molar-refractivity contribution in [2.45, 2.75) is 51.1 Å². The molecule has 0 saturated carbocycles. The Kier molecular flexibility index (Phi) is 4.46. The largest absolute Gasteiger partial charge is 0.296 e. The molecule has 3 nitrogen and oxygen atoms in total. The Bertz CT molecular complexity index is 346. The molecule has 0 spiro atoms. The molecule has 1 aromatic rings. The predicted octanol–water partition coefficient (Wildman–Crippen LogP) is 3.06. The second-order valence-electron chi connectivity index (χ2n) is 4.88. The number of hydrogen-bond donors (Lipinski definition) is 0. The van der Waals surface area contributed by atoms with Gasteiger partial charge in [0.1, 0.15) is 0 Å². The summed E-state index contributed by atoms with van der Waals surface area (Å²) in [6.07, 6.45) is 5.51. The minimum atomic E-state index is 0.330. The van der Waals surface area contributed by atoms with Crippen LogP contribution < -0.4 is 0 Å². The molecule has 0 aromatic carbocycles. The predicted molar refractivity (Wildman–Crippen MR) is 71.4 cm³/mol. The highest BCUT2D eigenvalue weighted by Gasteiger charge is 2.21. The molecule has 0 amide bonds. The van der Waals surface area contributed by atoms with Gasteiger partial charge in [0.2, 0.25) is 0 Å². The molecule has 17 heavy (non-hydrogen) atoms. The first-order valence-electron chi connectivity index (χ1n) is 6.63. The molecule has 0 radical (unpaired) electrons. The highest BCUT2D eigenvalue weighted by atomic mass is 35.5. The molecule has 1 aliphatic heterocycles. The Morgan fingerprint density at radius 2 is 2.24 bits per heavy atom. The quantitative estimate of drug-likeness (QED) is 0.754. The van der Waals surface area contributed by atoms with Crippen molar-refractivity contribution in [1.29, 1.82) is 0 Å². The Morgan fingerprint density at radius 3 is 2.82 bits per heavy atom. The fourth-order valence-corrected chi connectivity index (χ4v) is 2.78. The van der Waals surface area contributed by atoms with Gasteiger partial charge in [-0.3, -0.25) is 9.58 Å². The van der Waals surface area contributed by atoms with E-state index < -0.39 is 0 Å². The fourth-order valence-electron chi connectivity index (χ4n) is 2.49. The third-order valence-corrected chi connectivity index (χ3v) is 3.94.